The van der Waals surface area contributed by atoms with Gasteiger partial charge in [-0.25, -0.2) is 0 Å². The van der Waals surface area contributed by atoms with Crippen molar-refractivity contribution in [3.8, 4) is 0 Å². The molecule has 3 heteroatoms. The summed E-state index contributed by atoms with van der Waals surface area (Å²) < 4.78 is 12.6. The average molecular weight is 431 g/mol. The summed E-state index contributed by atoms with van der Waals surface area (Å²) in [5.41, 5.74) is 2.33. The van der Waals surface area contributed by atoms with Gasteiger partial charge < -0.3 is 9.47 Å². The Kier molecular flexibility index (Phi) is 6.50. The highest BCUT2D eigenvalue weighted by atomic mass is 16.5. The van der Waals surface area contributed by atoms with Gasteiger partial charge in [-0.2, -0.15) is 0 Å². The molecule has 0 bridgehead atoms. The normalized spacial score (nSPS) is 25.0. The van der Waals surface area contributed by atoms with Gasteiger partial charge >= 0.3 is 0 Å². The van der Waals surface area contributed by atoms with Crippen molar-refractivity contribution in [1.82, 2.24) is 0 Å². The molecule has 0 fully saturated rings. The van der Waals surface area contributed by atoms with Gasteiger partial charge in [0.2, 0.25) is 0 Å². The van der Waals surface area contributed by atoms with Crippen LogP contribution in [0.5, 0.6) is 0 Å². The Morgan fingerprint density at radius 2 is 1.22 bits per heavy atom. The van der Waals surface area contributed by atoms with Gasteiger partial charge in [-0.05, 0) is 35.5 Å². The van der Waals surface area contributed by atoms with Crippen LogP contribution in [0, 0.1) is 16.2 Å². The maximum Gasteiger partial charge on any atom is 0.165 e. The molecule has 2 atom stereocenters. The van der Waals surface area contributed by atoms with E-state index >= 15 is 0 Å². The van der Waals surface area contributed by atoms with E-state index in [4.69, 9.17) is 9.47 Å². The molecule has 2 aliphatic rings. The van der Waals surface area contributed by atoms with E-state index in [1.807, 2.05) is 42.5 Å². The molecule has 0 heterocycles. The SMILES string of the molecule is CC(C)(C)C1=CC(=O)[C@]2(COCc3ccccc3)CC=CC[C@]12COCc1ccccc1. The van der Waals surface area contributed by atoms with Crippen molar-refractivity contribution in [2.75, 3.05) is 13.2 Å². The predicted octanol–water partition coefficient (Wildman–Crippen LogP) is 6.30. The smallest absolute Gasteiger partial charge is 0.165 e. The highest BCUT2D eigenvalue weighted by molar-refractivity contribution is 6.00. The van der Waals surface area contributed by atoms with Gasteiger partial charge in [-0.1, -0.05) is 99.2 Å². The van der Waals surface area contributed by atoms with Crippen LogP contribution in [0.3, 0.4) is 0 Å². The van der Waals surface area contributed by atoms with Gasteiger partial charge in [-0.3, -0.25) is 4.79 Å². The summed E-state index contributed by atoms with van der Waals surface area (Å²) in [5.74, 6) is 0.183. The van der Waals surface area contributed by atoms with Crippen LogP contribution in [-0.4, -0.2) is 19.0 Å². The van der Waals surface area contributed by atoms with E-state index in [2.05, 4.69) is 57.2 Å². The monoisotopic (exact) mass is 430 g/mol. The highest BCUT2D eigenvalue weighted by Gasteiger charge is 2.63. The molecule has 0 N–H and O–H groups in total. The van der Waals surface area contributed by atoms with E-state index in [1.165, 1.54) is 5.57 Å². The third-order valence-corrected chi connectivity index (χ3v) is 7.01. The first kappa shape index (κ1) is 22.7. The summed E-state index contributed by atoms with van der Waals surface area (Å²) in [7, 11) is 0. The number of hydrogen-bond acceptors (Lipinski definition) is 3. The van der Waals surface area contributed by atoms with Crippen molar-refractivity contribution in [2.45, 2.75) is 46.8 Å². The Morgan fingerprint density at radius 3 is 1.72 bits per heavy atom. The zero-order valence-electron chi connectivity index (χ0n) is 19.5. The fourth-order valence-corrected chi connectivity index (χ4v) is 5.38. The lowest BCUT2D eigenvalue weighted by Crippen LogP contribution is -2.52. The van der Waals surface area contributed by atoms with Crippen LogP contribution in [0.2, 0.25) is 0 Å². The fourth-order valence-electron chi connectivity index (χ4n) is 5.38. The number of ketones is 1. The summed E-state index contributed by atoms with van der Waals surface area (Å²) in [6.07, 6.45) is 7.76. The predicted molar refractivity (Wildman–Crippen MR) is 128 cm³/mol. The first-order valence-corrected chi connectivity index (χ1v) is 11.5. The fraction of sp³-hybridized carbons (Fsp3) is 0.414. The van der Waals surface area contributed by atoms with Crippen molar-refractivity contribution in [1.29, 1.82) is 0 Å². The summed E-state index contributed by atoms with van der Waals surface area (Å²) in [4.78, 5) is 13.6. The third kappa shape index (κ3) is 4.24. The van der Waals surface area contributed by atoms with Crippen LogP contribution < -0.4 is 0 Å². The topological polar surface area (TPSA) is 35.5 Å². The summed E-state index contributed by atoms with van der Waals surface area (Å²) in [5, 5.41) is 0. The Labute approximate surface area is 192 Å². The minimum absolute atomic E-state index is 0.127. The number of carbonyl (C=O) groups excluding carboxylic acids is 1. The molecule has 0 aliphatic heterocycles. The van der Waals surface area contributed by atoms with Crippen molar-refractivity contribution >= 4 is 5.78 Å². The standard InChI is InChI=1S/C29H34O3/c1-27(2,3)25-18-26(30)29(22-32-20-24-14-8-5-9-15-24)17-11-10-16-28(25,29)21-31-19-23-12-6-4-7-13-23/h4-15,18H,16-17,19-22H2,1-3H3/t28-,29+/m0/s1. The first-order chi connectivity index (χ1) is 15.4. The van der Waals surface area contributed by atoms with Crippen LogP contribution in [-0.2, 0) is 27.5 Å². The van der Waals surface area contributed by atoms with Crippen LogP contribution in [0.4, 0.5) is 0 Å². The maximum atomic E-state index is 13.6. The number of benzene rings is 2. The molecule has 2 aromatic rings. The van der Waals surface area contributed by atoms with Gasteiger partial charge in [0.05, 0.1) is 31.8 Å². The van der Waals surface area contributed by atoms with Gasteiger partial charge in [-0.15, -0.1) is 0 Å². The molecular formula is C29H34O3. The van der Waals surface area contributed by atoms with Crippen molar-refractivity contribution in [3.05, 3.63) is 95.6 Å². The Bertz CT molecular complexity index is 984. The molecule has 0 unspecified atom stereocenters. The molecule has 0 saturated heterocycles. The molecule has 32 heavy (non-hydrogen) atoms. The number of carbonyl (C=O) groups is 1. The number of fused-ring (bicyclic) bond motifs is 1. The summed E-state index contributed by atoms with van der Waals surface area (Å²) >= 11 is 0. The van der Waals surface area contributed by atoms with Gasteiger partial charge in [0, 0.05) is 5.41 Å². The van der Waals surface area contributed by atoms with Crippen LogP contribution in [0.1, 0.15) is 44.7 Å². The molecule has 0 spiro atoms. The Balaban J connectivity index is 1.60. The van der Waals surface area contributed by atoms with Gasteiger partial charge in [0.15, 0.2) is 5.78 Å². The molecule has 2 aromatic carbocycles. The lowest BCUT2D eigenvalue weighted by molar-refractivity contribution is -0.140. The van der Waals surface area contributed by atoms with Gasteiger partial charge in [0.1, 0.15) is 0 Å². The van der Waals surface area contributed by atoms with Crippen LogP contribution >= 0.6 is 0 Å². The maximum absolute atomic E-state index is 13.6. The Hall–Kier alpha value is -2.49. The quantitative estimate of drug-likeness (QED) is 0.461. The molecule has 168 valence electrons. The van der Waals surface area contributed by atoms with Gasteiger partial charge in [0.25, 0.3) is 0 Å². The zero-order valence-corrected chi connectivity index (χ0v) is 19.5. The molecule has 2 aliphatic carbocycles. The van der Waals surface area contributed by atoms with E-state index < -0.39 is 5.41 Å². The van der Waals surface area contributed by atoms with Crippen molar-refractivity contribution in [2.24, 2.45) is 16.2 Å². The lowest BCUT2D eigenvalue weighted by atomic mass is 9.54. The second-order valence-electron chi connectivity index (χ2n) is 10.2. The van der Waals surface area contributed by atoms with E-state index in [0.717, 1.165) is 17.5 Å². The number of rotatable bonds is 8. The molecule has 0 radical (unpaired) electrons. The molecule has 0 aromatic heterocycles. The molecule has 0 amide bonds. The number of ether oxygens (including phenoxy) is 2. The number of allylic oxidation sites excluding steroid dienone is 3. The zero-order chi connectivity index (χ0) is 22.7. The second-order valence-corrected chi connectivity index (χ2v) is 10.2. The summed E-state index contributed by atoms with van der Waals surface area (Å²) in [6.45, 7) is 8.55. The molecule has 3 nitrogen and oxygen atoms in total. The number of hydrogen-bond donors (Lipinski definition) is 0. The summed E-state index contributed by atoms with van der Waals surface area (Å²) in [6, 6.07) is 20.4. The highest BCUT2D eigenvalue weighted by Crippen LogP contribution is 2.62. The van der Waals surface area contributed by atoms with Crippen molar-refractivity contribution in [3.63, 3.8) is 0 Å². The largest absolute Gasteiger partial charge is 0.376 e. The second kappa shape index (κ2) is 9.17. The van der Waals surface area contributed by atoms with Crippen molar-refractivity contribution < 1.29 is 14.3 Å². The minimum Gasteiger partial charge on any atom is -0.376 e. The minimum atomic E-state index is -0.615. The average Bonchev–Trinajstić information content (AvgIpc) is 3.05. The van der Waals surface area contributed by atoms with Crippen LogP contribution in [0.15, 0.2) is 84.5 Å². The van der Waals surface area contributed by atoms with E-state index in [-0.39, 0.29) is 16.6 Å². The third-order valence-electron chi connectivity index (χ3n) is 7.01. The lowest BCUT2D eigenvalue weighted by Gasteiger charge is -2.50. The molecule has 0 saturated carbocycles. The first-order valence-electron chi connectivity index (χ1n) is 11.5. The Morgan fingerprint density at radius 1 is 0.750 bits per heavy atom. The van der Waals surface area contributed by atoms with E-state index in [0.29, 0.717) is 32.8 Å². The molecule has 4 rings (SSSR count). The van der Waals surface area contributed by atoms with Crippen LogP contribution in [0.25, 0.3) is 0 Å². The molecular weight excluding hydrogens is 396 g/mol. The van der Waals surface area contributed by atoms with E-state index in [9.17, 15) is 4.79 Å². The van der Waals surface area contributed by atoms with E-state index in [1.54, 1.807) is 0 Å².